The highest BCUT2D eigenvalue weighted by Crippen LogP contribution is 2.38. The predicted octanol–water partition coefficient (Wildman–Crippen LogP) is 2.88. The topological polar surface area (TPSA) is 134 Å². The van der Waals surface area contributed by atoms with Gasteiger partial charge in [0.25, 0.3) is 0 Å². The zero-order valence-electron chi connectivity index (χ0n) is 17.1. The van der Waals surface area contributed by atoms with E-state index >= 15 is 0 Å². The van der Waals surface area contributed by atoms with Gasteiger partial charge in [-0.2, -0.15) is 4.98 Å². The van der Waals surface area contributed by atoms with Crippen LogP contribution < -0.4 is 14.4 Å². The molecule has 1 aromatic heterocycles. The summed E-state index contributed by atoms with van der Waals surface area (Å²) in [5, 5.41) is 11.8. The summed E-state index contributed by atoms with van der Waals surface area (Å²) in [6.07, 6.45) is 2.19. The monoisotopic (exact) mass is 430 g/mol. The Morgan fingerprint density at radius 1 is 1.23 bits per heavy atom. The molecule has 164 valence electrons. The number of aromatic nitrogens is 2. The van der Waals surface area contributed by atoms with Crippen LogP contribution in [-0.4, -0.2) is 46.5 Å². The lowest BCUT2D eigenvalue weighted by Gasteiger charge is -2.31. The molecule has 0 amide bonds. The second-order valence-corrected chi connectivity index (χ2v) is 6.79. The van der Waals surface area contributed by atoms with Gasteiger partial charge in [-0.05, 0) is 31.9 Å². The van der Waals surface area contributed by atoms with E-state index in [0.717, 1.165) is 0 Å². The first kappa shape index (κ1) is 21.9. The molecule has 1 saturated heterocycles. The van der Waals surface area contributed by atoms with E-state index < -0.39 is 10.9 Å². The van der Waals surface area contributed by atoms with Crippen molar-refractivity contribution in [2.45, 2.75) is 26.7 Å². The maximum absolute atomic E-state index is 11.9. The Balaban J connectivity index is 1.82. The number of rotatable bonds is 7. The van der Waals surface area contributed by atoms with Gasteiger partial charge in [0.2, 0.25) is 5.82 Å². The Hall–Kier alpha value is -3.76. The Labute approximate surface area is 178 Å². The number of carbonyl (C=O) groups excluding carboxylic acids is 2. The van der Waals surface area contributed by atoms with Crippen molar-refractivity contribution >= 4 is 23.4 Å². The van der Waals surface area contributed by atoms with Crippen LogP contribution in [0.4, 0.5) is 11.5 Å². The zero-order valence-corrected chi connectivity index (χ0v) is 17.1. The maximum atomic E-state index is 11.9. The molecule has 1 aliphatic rings. The van der Waals surface area contributed by atoms with Crippen LogP contribution in [0.15, 0.2) is 30.6 Å². The van der Waals surface area contributed by atoms with Crippen LogP contribution in [0.5, 0.6) is 17.4 Å². The fourth-order valence-corrected chi connectivity index (χ4v) is 3.29. The lowest BCUT2D eigenvalue weighted by atomic mass is 9.97. The summed E-state index contributed by atoms with van der Waals surface area (Å²) in [7, 11) is 0. The SMILES string of the molecule is CCOC(=O)C1CCN(c2ncnc(Oc3cccc(OC(C)=O)c3)c2[N+](=O)[O-])CC1. The fourth-order valence-electron chi connectivity index (χ4n) is 3.29. The Bertz CT molecular complexity index is 974. The summed E-state index contributed by atoms with van der Waals surface area (Å²) in [6.45, 7) is 4.14. The maximum Gasteiger partial charge on any atom is 0.373 e. The molecular weight excluding hydrogens is 408 g/mol. The van der Waals surface area contributed by atoms with Crippen LogP contribution >= 0.6 is 0 Å². The number of piperidine rings is 1. The molecule has 11 heteroatoms. The highest BCUT2D eigenvalue weighted by molar-refractivity contribution is 5.73. The van der Waals surface area contributed by atoms with Crippen LogP contribution in [0.1, 0.15) is 26.7 Å². The average molecular weight is 430 g/mol. The number of nitrogens with zero attached hydrogens (tertiary/aromatic N) is 4. The normalized spacial score (nSPS) is 14.1. The molecule has 0 spiro atoms. The van der Waals surface area contributed by atoms with E-state index in [-0.39, 0.29) is 40.8 Å². The van der Waals surface area contributed by atoms with Gasteiger partial charge >= 0.3 is 23.5 Å². The molecule has 1 aromatic carbocycles. The number of nitro groups is 1. The lowest BCUT2D eigenvalue weighted by molar-refractivity contribution is -0.385. The van der Waals surface area contributed by atoms with Gasteiger partial charge in [-0.15, -0.1) is 0 Å². The number of hydrogen-bond donors (Lipinski definition) is 0. The molecule has 0 atom stereocenters. The first-order valence-corrected chi connectivity index (χ1v) is 9.76. The molecule has 2 heterocycles. The third kappa shape index (κ3) is 5.44. The van der Waals surface area contributed by atoms with Crippen LogP contribution in [0, 0.1) is 16.0 Å². The number of anilines is 1. The second kappa shape index (κ2) is 9.83. The molecule has 11 nitrogen and oxygen atoms in total. The van der Waals surface area contributed by atoms with Crippen molar-refractivity contribution in [2.24, 2.45) is 5.92 Å². The van der Waals surface area contributed by atoms with Gasteiger partial charge in [-0.1, -0.05) is 6.07 Å². The number of hydrogen-bond acceptors (Lipinski definition) is 10. The highest BCUT2D eigenvalue weighted by atomic mass is 16.6. The van der Waals surface area contributed by atoms with Crippen LogP contribution in [0.25, 0.3) is 0 Å². The Morgan fingerprint density at radius 3 is 2.58 bits per heavy atom. The van der Waals surface area contributed by atoms with Gasteiger partial charge in [0.15, 0.2) is 0 Å². The third-order valence-electron chi connectivity index (χ3n) is 4.65. The summed E-state index contributed by atoms with van der Waals surface area (Å²) >= 11 is 0. The molecular formula is C20H22N4O7. The molecule has 1 aliphatic heterocycles. The molecule has 0 bridgehead atoms. The second-order valence-electron chi connectivity index (χ2n) is 6.79. The number of carbonyl (C=O) groups is 2. The van der Waals surface area contributed by atoms with E-state index in [1.807, 2.05) is 0 Å². The molecule has 0 aliphatic carbocycles. The lowest BCUT2D eigenvalue weighted by Crippen LogP contribution is -2.37. The molecule has 0 radical (unpaired) electrons. The summed E-state index contributed by atoms with van der Waals surface area (Å²) in [6, 6.07) is 6.13. The van der Waals surface area contributed by atoms with E-state index in [1.54, 1.807) is 30.0 Å². The van der Waals surface area contributed by atoms with Crippen molar-refractivity contribution in [3.8, 4) is 17.4 Å². The summed E-state index contributed by atoms with van der Waals surface area (Å²) in [5.74, 6) is -0.655. The predicted molar refractivity (Wildman–Crippen MR) is 108 cm³/mol. The Morgan fingerprint density at radius 2 is 1.94 bits per heavy atom. The minimum atomic E-state index is -0.599. The van der Waals surface area contributed by atoms with Gasteiger partial charge < -0.3 is 19.1 Å². The molecule has 1 fully saturated rings. The van der Waals surface area contributed by atoms with Gasteiger partial charge in [0, 0.05) is 26.1 Å². The average Bonchev–Trinajstić information content (AvgIpc) is 2.73. The van der Waals surface area contributed by atoms with Crippen molar-refractivity contribution in [2.75, 3.05) is 24.6 Å². The summed E-state index contributed by atoms with van der Waals surface area (Å²) in [5.41, 5.74) is -0.380. The minimum Gasteiger partial charge on any atom is -0.466 e. The number of esters is 2. The van der Waals surface area contributed by atoms with E-state index in [0.29, 0.717) is 32.5 Å². The van der Waals surface area contributed by atoms with Crippen LogP contribution in [-0.2, 0) is 14.3 Å². The van der Waals surface area contributed by atoms with Gasteiger partial charge in [-0.25, -0.2) is 4.98 Å². The van der Waals surface area contributed by atoms with E-state index in [1.165, 1.54) is 19.3 Å². The number of ether oxygens (including phenoxy) is 3. The minimum absolute atomic E-state index is 0.119. The molecule has 3 rings (SSSR count). The van der Waals surface area contributed by atoms with E-state index in [4.69, 9.17) is 14.2 Å². The first-order valence-electron chi connectivity index (χ1n) is 9.76. The smallest absolute Gasteiger partial charge is 0.373 e. The standard InChI is InChI=1S/C20H22N4O7/c1-3-29-20(26)14-7-9-23(10-8-14)18-17(24(27)28)19(22-12-21-18)31-16-6-4-5-15(11-16)30-13(2)25/h4-6,11-12,14H,3,7-10H2,1-2H3. The summed E-state index contributed by atoms with van der Waals surface area (Å²) < 4.78 is 15.7. The van der Waals surface area contributed by atoms with Crippen molar-refractivity contribution in [1.29, 1.82) is 0 Å². The van der Waals surface area contributed by atoms with E-state index in [9.17, 15) is 19.7 Å². The van der Waals surface area contributed by atoms with Crippen molar-refractivity contribution < 1.29 is 28.7 Å². The molecule has 31 heavy (non-hydrogen) atoms. The van der Waals surface area contributed by atoms with Crippen molar-refractivity contribution in [3.63, 3.8) is 0 Å². The van der Waals surface area contributed by atoms with Gasteiger partial charge in [-0.3, -0.25) is 19.7 Å². The van der Waals surface area contributed by atoms with Crippen molar-refractivity contribution in [1.82, 2.24) is 9.97 Å². The highest BCUT2D eigenvalue weighted by Gasteiger charge is 2.33. The Kier molecular flexibility index (Phi) is 6.96. The molecule has 0 unspecified atom stereocenters. The summed E-state index contributed by atoms with van der Waals surface area (Å²) in [4.78, 5) is 44.1. The van der Waals surface area contributed by atoms with Gasteiger partial charge in [0.05, 0.1) is 17.4 Å². The fraction of sp³-hybridized carbons (Fsp3) is 0.400. The zero-order chi connectivity index (χ0) is 22.4. The third-order valence-corrected chi connectivity index (χ3v) is 4.65. The number of benzene rings is 1. The van der Waals surface area contributed by atoms with Gasteiger partial charge in [0.1, 0.15) is 17.8 Å². The van der Waals surface area contributed by atoms with Crippen molar-refractivity contribution in [3.05, 3.63) is 40.7 Å². The van der Waals surface area contributed by atoms with Crippen LogP contribution in [0.2, 0.25) is 0 Å². The molecule has 0 saturated carbocycles. The molecule has 0 N–H and O–H groups in total. The van der Waals surface area contributed by atoms with E-state index in [2.05, 4.69) is 9.97 Å². The first-order chi connectivity index (χ1) is 14.9. The van der Waals surface area contributed by atoms with Crippen LogP contribution in [0.3, 0.4) is 0 Å². The molecule has 2 aromatic rings. The quantitative estimate of drug-likeness (QED) is 0.279. The largest absolute Gasteiger partial charge is 0.466 e.